The Kier molecular flexibility index (Phi) is 16.8. The van der Waals surface area contributed by atoms with Crippen LogP contribution < -0.4 is 10.1 Å². The number of thioether (sulfide) groups is 1. The molecule has 4 amide bonds. The molecule has 3 aliphatic heterocycles. The van der Waals surface area contributed by atoms with Crippen molar-refractivity contribution in [1.29, 1.82) is 0 Å². The Morgan fingerprint density at radius 1 is 0.983 bits per heavy atom. The van der Waals surface area contributed by atoms with Gasteiger partial charge in [-0.05, 0) is 75.0 Å². The van der Waals surface area contributed by atoms with Gasteiger partial charge in [0.1, 0.15) is 36.0 Å². The van der Waals surface area contributed by atoms with Gasteiger partial charge in [0.15, 0.2) is 0 Å². The fraction of sp³-hybridized carbons (Fsp3) is 0.682. The first-order chi connectivity index (χ1) is 27.4. The van der Waals surface area contributed by atoms with Crippen LogP contribution in [0.25, 0.3) is 0 Å². The van der Waals surface area contributed by atoms with Crippen LogP contribution in [0.5, 0.6) is 5.75 Å². The molecular weight excluding hydrogens is 759 g/mol. The van der Waals surface area contributed by atoms with Crippen molar-refractivity contribution in [3.63, 3.8) is 0 Å². The van der Waals surface area contributed by atoms with Gasteiger partial charge in [0.2, 0.25) is 23.6 Å². The monoisotopic (exact) mass is 825 g/mol. The van der Waals surface area contributed by atoms with Gasteiger partial charge >= 0.3 is 5.97 Å². The molecule has 1 fully saturated rings. The first kappa shape index (κ1) is 46.8. The number of carbonyl (C=O) groups excluding carboxylic acids is 5. The molecule has 0 radical (unpaired) electrons. The maximum Gasteiger partial charge on any atom is 0.329 e. The van der Waals surface area contributed by atoms with Crippen molar-refractivity contribution in [1.82, 2.24) is 20.0 Å². The van der Waals surface area contributed by atoms with Crippen LogP contribution in [0.4, 0.5) is 0 Å². The summed E-state index contributed by atoms with van der Waals surface area (Å²) in [5.41, 5.74) is 1.17. The van der Waals surface area contributed by atoms with Gasteiger partial charge in [0.05, 0.1) is 24.3 Å². The van der Waals surface area contributed by atoms with E-state index in [1.54, 1.807) is 62.9 Å². The van der Waals surface area contributed by atoms with Crippen LogP contribution in [-0.2, 0) is 35.1 Å². The number of rotatable bonds is 6. The fourth-order valence-electron chi connectivity index (χ4n) is 8.03. The van der Waals surface area contributed by atoms with Crippen LogP contribution in [0.3, 0.4) is 0 Å². The minimum absolute atomic E-state index is 0.00511. The zero-order chi connectivity index (χ0) is 43.0. The summed E-state index contributed by atoms with van der Waals surface area (Å²) in [4.78, 5) is 80.1. The van der Waals surface area contributed by atoms with Crippen molar-refractivity contribution in [2.45, 2.75) is 136 Å². The Morgan fingerprint density at radius 2 is 1.66 bits per heavy atom. The van der Waals surface area contributed by atoms with E-state index in [0.717, 1.165) is 10.6 Å². The van der Waals surface area contributed by atoms with Gasteiger partial charge in [-0.3, -0.25) is 24.2 Å². The minimum Gasteiger partial charge on any atom is -0.497 e. The summed E-state index contributed by atoms with van der Waals surface area (Å²) in [5.74, 6) is -1.35. The summed E-state index contributed by atoms with van der Waals surface area (Å²) in [5, 5.41) is 15.1. The normalized spacial score (nSPS) is 30.9. The molecule has 2 N–H and O–H groups in total. The summed E-state index contributed by atoms with van der Waals surface area (Å²) in [6.07, 6.45) is 3.52. The van der Waals surface area contributed by atoms with Crippen LogP contribution in [0.1, 0.15) is 93.1 Å². The van der Waals surface area contributed by atoms with E-state index in [1.165, 1.54) is 16.8 Å². The van der Waals surface area contributed by atoms with Crippen LogP contribution in [0, 0.1) is 23.7 Å². The Hall–Kier alpha value is -3.91. The van der Waals surface area contributed by atoms with E-state index in [4.69, 9.17) is 14.5 Å². The Morgan fingerprint density at radius 3 is 2.28 bits per heavy atom. The Labute approximate surface area is 349 Å². The number of cyclic esters (lactones) is 1. The molecule has 13 nitrogen and oxygen atoms in total. The number of methoxy groups -OCH3 is 1. The summed E-state index contributed by atoms with van der Waals surface area (Å²) in [6, 6.07) is 3.22. The number of amides is 4. The molecular formula is C44H67N5O8S. The fourth-order valence-corrected chi connectivity index (χ4v) is 9.17. The highest BCUT2D eigenvalue weighted by atomic mass is 32.2. The Balaban J connectivity index is 1.73. The van der Waals surface area contributed by atoms with Crippen molar-refractivity contribution in [3.8, 4) is 5.75 Å². The van der Waals surface area contributed by atoms with Crippen molar-refractivity contribution in [2.24, 2.45) is 28.7 Å². The highest BCUT2D eigenvalue weighted by Gasteiger charge is 2.44. The largest absolute Gasteiger partial charge is 0.497 e. The highest BCUT2D eigenvalue weighted by Crippen LogP contribution is 2.31. The van der Waals surface area contributed by atoms with Crippen LogP contribution in [0.15, 0.2) is 40.9 Å². The average Bonchev–Trinajstić information content (AvgIpc) is 3.89. The zero-order valence-corrected chi connectivity index (χ0v) is 37.2. The Bertz CT molecular complexity index is 1680. The molecule has 0 saturated carbocycles. The lowest BCUT2D eigenvalue weighted by atomic mass is 9.89. The SMILES string of the molecule is CCC(C)C1C(=O)N2CCCC2C(=O)OC(C(C)C)CC(C)CC(O)C(C)C2=NC(C=C(C)C(=O)NC(Cc3ccc(OC)cc3)C(=O)N(C)C(C)C(=O)N1C)CS2. The van der Waals surface area contributed by atoms with E-state index in [9.17, 15) is 29.1 Å². The second-order valence-electron chi connectivity index (χ2n) is 17.0. The number of fused-ring (bicyclic) bond motifs is 2. The molecule has 0 spiro atoms. The molecule has 1 saturated heterocycles. The third-order valence-electron chi connectivity index (χ3n) is 12.2. The maximum atomic E-state index is 14.5. The van der Waals surface area contributed by atoms with Crippen molar-refractivity contribution in [2.75, 3.05) is 33.5 Å². The maximum absolute atomic E-state index is 14.5. The zero-order valence-electron chi connectivity index (χ0n) is 36.4. The third kappa shape index (κ3) is 11.4. The minimum atomic E-state index is -1.03. The number of aliphatic imine (C=N–C) groups is 1. The first-order valence-corrected chi connectivity index (χ1v) is 21.9. The number of benzene rings is 1. The number of ether oxygens (including phenoxy) is 2. The van der Waals surface area contributed by atoms with Gasteiger partial charge in [-0.1, -0.05) is 66.2 Å². The van der Waals surface area contributed by atoms with Gasteiger partial charge in [-0.2, -0.15) is 0 Å². The molecule has 1 aromatic rings. The number of nitrogens with zero attached hydrogens (tertiary/aromatic N) is 4. The molecule has 0 aliphatic carbocycles. The molecule has 10 unspecified atom stereocenters. The van der Waals surface area contributed by atoms with E-state index in [2.05, 4.69) is 5.32 Å². The van der Waals surface area contributed by atoms with Gasteiger partial charge in [0.25, 0.3) is 0 Å². The van der Waals surface area contributed by atoms with Crippen LogP contribution >= 0.6 is 11.8 Å². The second-order valence-corrected chi connectivity index (χ2v) is 18.1. The van der Waals surface area contributed by atoms with E-state index in [-0.39, 0.29) is 42.0 Å². The van der Waals surface area contributed by atoms with E-state index >= 15 is 0 Å². The molecule has 3 heterocycles. The third-order valence-corrected chi connectivity index (χ3v) is 13.5. The highest BCUT2D eigenvalue weighted by molar-refractivity contribution is 8.14. The summed E-state index contributed by atoms with van der Waals surface area (Å²) in [7, 11) is 4.67. The standard InChI is InChI=1S/C44H67N5O8S/c1-12-27(5)38-43(54)49-19-13-14-35(49)44(55)57-37(25(2)3)21-26(4)20-36(50)29(7)40-45-32(24-58-40)22-28(6)39(51)46-34(23-31-15-17-33(56-11)18-16-31)42(53)47(9)30(8)41(52)48(38)10/h15-18,22,25-27,29-30,32,34-38,50H,12-14,19-21,23-24H2,1-11H3,(H,46,51). The number of nitrogens with one attached hydrogen (secondary N) is 1. The van der Waals surface area contributed by atoms with Gasteiger partial charge in [-0.15, -0.1) is 11.8 Å². The summed E-state index contributed by atoms with van der Waals surface area (Å²) < 4.78 is 11.5. The number of aliphatic hydroxyl groups is 1. The van der Waals surface area contributed by atoms with Crippen LogP contribution in [-0.4, -0.2) is 130 Å². The predicted octanol–water partition coefficient (Wildman–Crippen LogP) is 4.89. The number of aliphatic hydroxyl groups excluding tert-OH is 1. The first-order valence-electron chi connectivity index (χ1n) is 20.9. The smallest absolute Gasteiger partial charge is 0.329 e. The van der Waals surface area contributed by atoms with Gasteiger partial charge in [-0.25, -0.2) is 4.79 Å². The molecule has 3 aliphatic rings. The number of hydrogen-bond donors (Lipinski definition) is 2. The van der Waals surface area contributed by atoms with Crippen LogP contribution in [0.2, 0.25) is 0 Å². The number of carbonyl (C=O) groups is 5. The summed E-state index contributed by atoms with van der Waals surface area (Å²) in [6.45, 7) is 15.5. The molecule has 0 aromatic heterocycles. The lowest BCUT2D eigenvalue weighted by Gasteiger charge is -2.38. The van der Waals surface area contributed by atoms with Gasteiger partial charge in [0, 0.05) is 44.3 Å². The molecule has 1 aromatic carbocycles. The topological polar surface area (TPSA) is 158 Å². The molecule has 10 atom stereocenters. The average molecular weight is 826 g/mol. The quantitative estimate of drug-likeness (QED) is 0.382. The second kappa shape index (κ2) is 20.9. The lowest BCUT2D eigenvalue weighted by molar-refractivity contribution is -0.163. The number of esters is 1. The van der Waals surface area contributed by atoms with Gasteiger partial charge < -0.3 is 34.6 Å². The molecule has 4 rings (SSSR count). The van der Waals surface area contributed by atoms with Crippen molar-refractivity contribution < 1.29 is 38.6 Å². The molecule has 322 valence electrons. The lowest BCUT2D eigenvalue weighted by Crippen LogP contribution is -2.59. The number of likely N-dealkylation sites (N-methyl/N-ethyl adjacent to an activating group) is 2. The van der Waals surface area contributed by atoms with Crippen molar-refractivity contribution in [3.05, 3.63) is 41.5 Å². The van der Waals surface area contributed by atoms with E-state index < -0.39 is 60.1 Å². The summed E-state index contributed by atoms with van der Waals surface area (Å²) >= 11 is 1.56. The predicted molar refractivity (Wildman–Crippen MR) is 227 cm³/mol. The molecule has 58 heavy (non-hydrogen) atoms. The van der Waals surface area contributed by atoms with E-state index in [0.29, 0.717) is 55.7 Å². The van der Waals surface area contributed by atoms with E-state index in [1.807, 2.05) is 53.7 Å². The van der Waals surface area contributed by atoms with Crippen molar-refractivity contribution >= 4 is 46.4 Å². The molecule has 14 heteroatoms. The number of hydrogen-bond acceptors (Lipinski definition) is 10. The molecule has 2 bridgehead atoms.